The average molecular weight is 342 g/mol. The topological polar surface area (TPSA) is 38.3 Å². The van der Waals surface area contributed by atoms with Crippen LogP contribution in [-0.2, 0) is 24.2 Å². The highest BCUT2D eigenvalue weighted by Crippen LogP contribution is 2.21. The molecule has 0 radical (unpaired) electrons. The van der Waals surface area contributed by atoms with Gasteiger partial charge in [-0.15, -0.1) is 12.3 Å². The summed E-state index contributed by atoms with van der Waals surface area (Å²) >= 11 is 5.84. The molecule has 0 unspecified atom stereocenters. The fourth-order valence-electron chi connectivity index (χ4n) is 2.35. The van der Waals surface area contributed by atoms with Crippen molar-refractivity contribution < 1.29 is 9.53 Å². The van der Waals surface area contributed by atoms with Crippen molar-refractivity contribution in [2.45, 2.75) is 25.8 Å². The first-order valence-electron chi connectivity index (χ1n) is 7.72. The number of methoxy groups -OCH3 is 1. The number of terminal acetylenes is 1. The third kappa shape index (κ3) is 5.33. The van der Waals surface area contributed by atoms with Crippen LogP contribution in [0.2, 0.25) is 5.02 Å². The highest BCUT2D eigenvalue weighted by atomic mass is 35.5. The van der Waals surface area contributed by atoms with Gasteiger partial charge in [-0.25, -0.2) is 0 Å². The minimum Gasteiger partial charge on any atom is -0.496 e. The van der Waals surface area contributed by atoms with E-state index in [2.05, 4.69) is 11.2 Å². The molecule has 0 heterocycles. The Morgan fingerprint density at radius 3 is 2.58 bits per heavy atom. The lowest BCUT2D eigenvalue weighted by Gasteiger charge is -2.09. The van der Waals surface area contributed by atoms with Gasteiger partial charge >= 0.3 is 0 Å². The van der Waals surface area contributed by atoms with Crippen molar-refractivity contribution in [3.05, 3.63) is 64.2 Å². The largest absolute Gasteiger partial charge is 0.496 e. The van der Waals surface area contributed by atoms with E-state index < -0.39 is 0 Å². The van der Waals surface area contributed by atoms with Crippen LogP contribution in [0.5, 0.6) is 5.75 Å². The maximum absolute atomic E-state index is 12.0. The Hall–Kier alpha value is -2.44. The Labute approximate surface area is 148 Å². The third-order valence-corrected chi connectivity index (χ3v) is 3.94. The van der Waals surface area contributed by atoms with Crippen LogP contribution in [0.1, 0.15) is 23.1 Å². The second-order valence-corrected chi connectivity index (χ2v) is 5.87. The summed E-state index contributed by atoms with van der Waals surface area (Å²) in [5.74, 6) is 3.39. The van der Waals surface area contributed by atoms with Crippen molar-refractivity contribution in [3.63, 3.8) is 0 Å². The molecule has 0 aliphatic heterocycles. The van der Waals surface area contributed by atoms with Gasteiger partial charge in [0.05, 0.1) is 7.11 Å². The lowest BCUT2D eigenvalue weighted by atomic mass is 10.0. The molecule has 0 saturated heterocycles. The SMILES string of the molecule is C#CCc1ccc(CCC(=O)NCc2ccc(Cl)cc2)cc1OC. The Kier molecular flexibility index (Phi) is 6.72. The third-order valence-electron chi connectivity index (χ3n) is 3.69. The lowest BCUT2D eigenvalue weighted by molar-refractivity contribution is -0.121. The van der Waals surface area contributed by atoms with Crippen molar-refractivity contribution in [1.82, 2.24) is 5.32 Å². The van der Waals surface area contributed by atoms with Gasteiger partial charge in [0.1, 0.15) is 5.75 Å². The van der Waals surface area contributed by atoms with E-state index >= 15 is 0 Å². The fourth-order valence-corrected chi connectivity index (χ4v) is 2.48. The van der Waals surface area contributed by atoms with Gasteiger partial charge in [-0.1, -0.05) is 35.9 Å². The molecule has 0 spiro atoms. The van der Waals surface area contributed by atoms with Crippen molar-refractivity contribution in [2.24, 2.45) is 0 Å². The molecule has 1 amide bonds. The monoisotopic (exact) mass is 341 g/mol. The number of nitrogens with one attached hydrogen (secondary N) is 1. The number of hydrogen-bond donors (Lipinski definition) is 1. The van der Waals surface area contributed by atoms with Crippen LogP contribution in [0.15, 0.2) is 42.5 Å². The predicted octanol–water partition coefficient (Wildman–Crippen LogP) is 3.77. The van der Waals surface area contributed by atoms with E-state index in [4.69, 9.17) is 22.8 Å². The van der Waals surface area contributed by atoms with Gasteiger partial charge < -0.3 is 10.1 Å². The number of rotatable bonds is 7. The quantitative estimate of drug-likeness (QED) is 0.778. The second kappa shape index (κ2) is 9.00. The molecule has 2 aromatic carbocycles. The first-order chi connectivity index (χ1) is 11.6. The number of amides is 1. The van der Waals surface area contributed by atoms with Crippen LogP contribution in [0.4, 0.5) is 0 Å². The van der Waals surface area contributed by atoms with E-state index in [9.17, 15) is 4.79 Å². The van der Waals surface area contributed by atoms with Gasteiger partial charge in [0.2, 0.25) is 5.91 Å². The van der Waals surface area contributed by atoms with Crippen LogP contribution >= 0.6 is 11.6 Å². The summed E-state index contributed by atoms with van der Waals surface area (Å²) in [6.07, 6.45) is 6.95. The van der Waals surface area contributed by atoms with Crippen molar-refractivity contribution in [3.8, 4) is 18.1 Å². The van der Waals surface area contributed by atoms with Crippen LogP contribution in [-0.4, -0.2) is 13.0 Å². The van der Waals surface area contributed by atoms with E-state index in [0.29, 0.717) is 30.8 Å². The van der Waals surface area contributed by atoms with Gasteiger partial charge in [-0.3, -0.25) is 4.79 Å². The Bertz CT molecular complexity index is 732. The molecule has 0 saturated carbocycles. The van der Waals surface area contributed by atoms with Gasteiger partial charge in [0, 0.05) is 30.0 Å². The minimum absolute atomic E-state index is 0.0108. The van der Waals surface area contributed by atoms with Crippen LogP contribution in [0.25, 0.3) is 0 Å². The van der Waals surface area contributed by atoms with Crippen molar-refractivity contribution in [1.29, 1.82) is 0 Å². The molecular formula is C20H20ClNO2. The van der Waals surface area contributed by atoms with E-state index in [-0.39, 0.29) is 5.91 Å². The van der Waals surface area contributed by atoms with Gasteiger partial charge in [0.15, 0.2) is 0 Å². The summed E-state index contributed by atoms with van der Waals surface area (Å²) in [6, 6.07) is 13.3. The summed E-state index contributed by atoms with van der Waals surface area (Å²) in [6.45, 7) is 0.500. The molecule has 4 heteroatoms. The second-order valence-electron chi connectivity index (χ2n) is 5.43. The standard InChI is InChI=1S/C20H20ClNO2/c1-3-4-17-9-5-15(13-19(17)24-2)8-12-20(23)22-14-16-6-10-18(21)11-7-16/h1,5-7,9-11,13H,4,8,12,14H2,2H3,(H,22,23). The Morgan fingerprint density at radius 2 is 1.92 bits per heavy atom. The first-order valence-corrected chi connectivity index (χ1v) is 8.10. The summed E-state index contributed by atoms with van der Waals surface area (Å²) in [4.78, 5) is 12.0. The average Bonchev–Trinajstić information content (AvgIpc) is 2.60. The Balaban J connectivity index is 1.85. The number of halogens is 1. The molecule has 0 fully saturated rings. The highest BCUT2D eigenvalue weighted by Gasteiger charge is 2.06. The van der Waals surface area contributed by atoms with Gasteiger partial charge in [-0.2, -0.15) is 0 Å². The molecule has 124 valence electrons. The molecule has 0 bridgehead atoms. The number of carbonyl (C=O) groups is 1. The molecule has 0 aliphatic rings. The molecule has 0 aromatic heterocycles. The summed E-state index contributed by atoms with van der Waals surface area (Å²) < 4.78 is 5.35. The van der Waals surface area contributed by atoms with E-state index in [1.807, 2.05) is 42.5 Å². The van der Waals surface area contributed by atoms with Crippen molar-refractivity contribution in [2.75, 3.05) is 7.11 Å². The zero-order valence-electron chi connectivity index (χ0n) is 13.6. The Morgan fingerprint density at radius 1 is 1.21 bits per heavy atom. The van der Waals surface area contributed by atoms with Crippen LogP contribution in [0, 0.1) is 12.3 Å². The van der Waals surface area contributed by atoms with E-state index in [0.717, 1.165) is 22.4 Å². The maximum atomic E-state index is 12.0. The molecule has 24 heavy (non-hydrogen) atoms. The zero-order chi connectivity index (χ0) is 17.4. The normalized spacial score (nSPS) is 10.0. The lowest BCUT2D eigenvalue weighted by Crippen LogP contribution is -2.22. The van der Waals surface area contributed by atoms with Crippen LogP contribution < -0.4 is 10.1 Å². The van der Waals surface area contributed by atoms with Crippen LogP contribution in [0.3, 0.4) is 0 Å². The molecule has 0 atom stereocenters. The minimum atomic E-state index is 0.0108. The smallest absolute Gasteiger partial charge is 0.220 e. The summed E-state index contributed by atoms with van der Waals surface area (Å²) in [7, 11) is 1.62. The van der Waals surface area contributed by atoms with E-state index in [1.165, 1.54) is 0 Å². The maximum Gasteiger partial charge on any atom is 0.220 e. The number of carbonyl (C=O) groups excluding carboxylic acids is 1. The molecule has 2 rings (SSSR count). The summed E-state index contributed by atoms with van der Waals surface area (Å²) in [5, 5.41) is 3.60. The van der Waals surface area contributed by atoms with Gasteiger partial charge in [-0.05, 0) is 35.7 Å². The zero-order valence-corrected chi connectivity index (χ0v) is 14.4. The highest BCUT2D eigenvalue weighted by molar-refractivity contribution is 6.30. The number of aryl methyl sites for hydroxylation is 1. The number of benzene rings is 2. The molecular weight excluding hydrogens is 322 g/mol. The van der Waals surface area contributed by atoms with Crippen molar-refractivity contribution >= 4 is 17.5 Å². The number of ether oxygens (including phenoxy) is 1. The molecule has 2 aromatic rings. The fraction of sp³-hybridized carbons (Fsp3) is 0.250. The first kappa shape index (κ1) is 17.9. The molecule has 1 N–H and O–H groups in total. The molecule has 0 aliphatic carbocycles. The molecule has 3 nitrogen and oxygen atoms in total. The predicted molar refractivity (Wildman–Crippen MR) is 97.2 cm³/mol. The number of hydrogen-bond acceptors (Lipinski definition) is 2. The van der Waals surface area contributed by atoms with Gasteiger partial charge in [0.25, 0.3) is 0 Å². The van der Waals surface area contributed by atoms with E-state index in [1.54, 1.807) is 7.11 Å². The summed E-state index contributed by atoms with van der Waals surface area (Å²) in [5.41, 5.74) is 3.05.